The summed E-state index contributed by atoms with van der Waals surface area (Å²) in [6.07, 6.45) is 4.39. The number of halogens is 1. The zero-order valence-electron chi connectivity index (χ0n) is 18.7. The summed E-state index contributed by atoms with van der Waals surface area (Å²) in [5, 5.41) is 0.498. The molecule has 0 spiro atoms. The Bertz CT molecular complexity index is 841. The standard InChI is InChI=1S/C22H34ClN3O4S/c1-17-5-4-6-20(26(17)31(28,29)21-9-7-18(23)8-10-21)15-30-16-22(27)25(3)19-11-13-24(2)14-12-19/h7-10,17,19-20H,4-6,11-16H2,1-3H3/t17-,20-/m1/s1. The van der Waals surface area contributed by atoms with Crippen LogP contribution in [0.15, 0.2) is 29.2 Å². The van der Waals surface area contributed by atoms with Crippen molar-refractivity contribution in [2.45, 2.75) is 62.0 Å². The molecule has 2 atom stereocenters. The number of sulfonamides is 1. The summed E-state index contributed by atoms with van der Waals surface area (Å²) in [4.78, 5) is 16.9. The molecule has 31 heavy (non-hydrogen) atoms. The highest BCUT2D eigenvalue weighted by atomic mass is 35.5. The maximum atomic E-state index is 13.3. The first kappa shape index (κ1) is 24.5. The lowest BCUT2D eigenvalue weighted by molar-refractivity contribution is -0.138. The summed E-state index contributed by atoms with van der Waals surface area (Å²) < 4.78 is 33.9. The molecule has 7 nitrogen and oxygen atoms in total. The first-order valence-electron chi connectivity index (χ1n) is 11.0. The average Bonchev–Trinajstić information content (AvgIpc) is 2.74. The number of likely N-dealkylation sites (tertiary alicyclic amines) is 1. The molecule has 9 heteroatoms. The molecule has 0 unspecified atom stereocenters. The van der Waals surface area contributed by atoms with E-state index in [-0.39, 0.29) is 42.1 Å². The lowest BCUT2D eigenvalue weighted by Crippen LogP contribution is -2.51. The minimum Gasteiger partial charge on any atom is -0.370 e. The third kappa shape index (κ3) is 5.99. The second-order valence-corrected chi connectivity index (χ2v) is 11.1. The van der Waals surface area contributed by atoms with E-state index in [0.717, 1.165) is 45.2 Å². The van der Waals surface area contributed by atoms with Crippen molar-refractivity contribution in [3.05, 3.63) is 29.3 Å². The predicted molar refractivity (Wildman–Crippen MR) is 122 cm³/mol. The van der Waals surface area contributed by atoms with Gasteiger partial charge in [0, 0.05) is 30.2 Å². The molecule has 2 aliphatic rings. The van der Waals surface area contributed by atoms with Gasteiger partial charge in [0.2, 0.25) is 15.9 Å². The molecule has 1 aromatic rings. The van der Waals surface area contributed by atoms with E-state index in [2.05, 4.69) is 11.9 Å². The topological polar surface area (TPSA) is 70.2 Å². The van der Waals surface area contributed by atoms with E-state index in [1.807, 2.05) is 14.0 Å². The van der Waals surface area contributed by atoms with Crippen LogP contribution in [-0.4, -0.2) is 87.0 Å². The van der Waals surface area contributed by atoms with Crippen molar-refractivity contribution in [1.82, 2.24) is 14.1 Å². The fourth-order valence-corrected chi connectivity index (χ4v) is 6.54. The Labute approximate surface area is 191 Å². The smallest absolute Gasteiger partial charge is 0.248 e. The largest absolute Gasteiger partial charge is 0.370 e. The van der Waals surface area contributed by atoms with E-state index < -0.39 is 10.0 Å². The summed E-state index contributed by atoms with van der Waals surface area (Å²) >= 11 is 5.93. The number of carbonyl (C=O) groups excluding carboxylic acids is 1. The van der Waals surface area contributed by atoms with Gasteiger partial charge in [-0.05, 0) is 77.0 Å². The van der Waals surface area contributed by atoms with Crippen LogP contribution in [0.1, 0.15) is 39.0 Å². The third-order valence-corrected chi connectivity index (χ3v) is 8.84. The maximum absolute atomic E-state index is 13.3. The van der Waals surface area contributed by atoms with Gasteiger partial charge in [0.1, 0.15) is 6.61 Å². The summed E-state index contributed by atoms with van der Waals surface area (Å²) in [6, 6.07) is 6.09. The van der Waals surface area contributed by atoms with Gasteiger partial charge in [0.05, 0.1) is 11.5 Å². The molecule has 2 fully saturated rings. The second-order valence-electron chi connectivity index (χ2n) is 8.78. The van der Waals surface area contributed by atoms with Gasteiger partial charge < -0.3 is 14.5 Å². The van der Waals surface area contributed by atoms with Crippen LogP contribution < -0.4 is 0 Å². The Morgan fingerprint density at radius 3 is 2.45 bits per heavy atom. The Morgan fingerprint density at radius 2 is 1.81 bits per heavy atom. The summed E-state index contributed by atoms with van der Waals surface area (Å²) in [6.45, 7) is 4.09. The highest BCUT2D eigenvalue weighted by molar-refractivity contribution is 7.89. The maximum Gasteiger partial charge on any atom is 0.248 e. The minimum atomic E-state index is -3.67. The van der Waals surface area contributed by atoms with Gasteiger partial charge in [-0.3, -0.25) is 4.79 Å². The Kier molecular flexibility index (Phi) is 8.37. The first-order valence-corrected chi connectivity index (χ1v) is 12.8. The van der Waals surface area contributed by atoms with Crippen molar-refractivity contribution in [3.63, 3.8) is 0 Å². The molecule has 2 saturated heterocycles. The minimum absolute atomic E-state index is 0.0252. The number of ether oxygens (including phenoxy) is 1. The number of likely N-dealkylation sites (N-methyl/N-ethyl adjacent to an activating group) is 1. The van der Waals surface area contributed by atoms with Gasteiger partial charge in [-0.25, -0.2) is 8.42 Å². The van der Waals surface area contributed by atoms with Crippen LogP contribution >= 0.6 is 11.6 Å². The molecular weight excluding hydrogens is 438 g/mol. The van der Waals surface area contributed by atoms with E-state index >= 15 is 0 Å². The molecule has 0 N–H and O–H groups in total. The van der Waals surface area contributed by atoms with Crippen LogP contribution in [0.2, 0.25) is 5.02 Å². The van der Waals surface area contributed by atoms with Gasteiger partial charge >= 0.3 is 0 Å². The normalized spacial score (nSPS) is 24.3. The Balaban J connectivity index is 1.60. The molecule has 2 aliphatic heterocycles. The quantitative estimate of drug-likeness (QED) is 0.611. The number of piperidine rings is 2. The van der Waals surface area contributed by atoms with Crippen LogP contribution in [0.3, 0.4) is 0 Å². The summed E-state index contributed by atoms with van der Waals surface area (Å²) in [5.41, 5.74) is 0. The number of benzene rings is 1. The Morgan fingerprint density at radius 1 is 1.16 bits per heavy atom. The number of hydrogen-bond acceptors (Lipinski definition) is 5. The fourth-order valence-electron chi connectivity index (χ4n) is 4.55. The van der Waals surface area contributed by atoms with Crippen LogP contribution in [0.4, 0.5) is 0 Å². The van der Waals surface area contributed by atoms with Crippen molar-refractivity contribution in [1.29, 1.82) is 0 Å². The zero-order chi connectivity index (χ0) is 22.6. The van der Waals surface area contributed by atoms with E-state index in [1.54, 1.807) is 21.3 Å². The molecule has 1 aromatic carbocycles. The number of rotatable bonds is 7. The summed E-state index contributed by atoms with van der Waals surface area (Å²) in [5.74, 6) is -0.0504. The number of hydrogen-bond donors (Lipinski definition) is 0. The Hall–Kier alpha value is -1.19. The van der Waals surface area contributed by atoms with Crippen LogP contribution in [-0.2, 0) is 19.6 Å². The molecule has 0 saturated carbocycles. The van der Waals surface area contributed by atoms with Gasteiger partial charge in [0.25, 0.3) is 0 Å². The molecule has 0 aliphatic carbocycles. The number of carbonyl (C=O) groups is 1. The van der Waals surface area contributed by atoms with E-state index in [0.29, 0.717) is 5.02 Å². The molecule has 3 rings (SSSR count). The SMILES string of the molecule is C[C@@H]1CCC[C@H](COCC(=O)N(C)C2CCN(C)CC2)N1S(=O)(=O)c1ccc(Cl)cc1. The number of nitrogens with zero attached hydrogens (tertiary/aromatic N) is 3. The van der Waals surface area contributed by atoms with Crippen molar-refractivity contribution in [2.75, 3.05) is 40.4 Å². The summed E-state index contributed by atoms with van der Waals surface area (Å²) in [7, 11) is 0.257. The van der Waals surface area contributed by atoms with Crippen molar-refractivity contribution in [3.8, 4) is 0 Å². The van der Waals surface area contributed by atoms with Crippen LogP contribution in [0.5, 0.6) is 0 Å². The highest BCUT2D eigenvalue weighted by Crippen LogP contribution is 2.30. The van der Waals surface area contributed by atoms with Gasteiger partial charge in [-0.15, -0.1) is 0 Å². The zero-order valence-corrected chi connectivity index (χ0v) is 20.2. The van der Waals surface area contributed by atoms with Crippen LogP contribution in [0.25, 0.3) is 0 Å². The average molecular weight is 472 g/mol. The molecule has 1 amide bonds. The van der Waals surface area contributed by atoms with Crippen molar-refractivity contribution >= 4 is 27.5 Å². The van der Waals surface area contributed by atoms with Gasteiger partial charge in [-0.2, -0.15) is 4.31 Å². The molecule has 0 aromatic heterocycles. The van der Waals surface area contributed by atoms with E-state index in [9.17, 15) is 13.2 Å². The highest BCUT2D eigenvalue weighted by Gasteiger charge is 2.38. The van der Waals surface area contributed by atoms with Crippen molar-refractivity contribution in [2.24, 2.45) is 0 Å². The number of amides is 1. The lowest BCUT2D eigenvalue weighted by Gasteiger charge is -2.39. The van der Waals surface area contributed by atoms with Gasteiger partial charge in [0.15, 0.2) is 0 Å². The van der Waals surface area contributed by atoms with Crippen molar-refractivity contribution < 1.29 is 17.9 Å². The lowest BCUT2D eigenvalue weighted by atomic mass is 10.0. The van der Waals surface area contributed by atoms with Crippen LogP contribution in [0, 0.1) is 0 Å². The molecule has 0 bridgehead atoms. The predicted octanol–water partition coefficient (Wildman–Crippen LogP) is 2.84. The third-order valence-electron chi connectivity index (χ3n) is 6.51. The molecule has 2 heterocycles. The monoisotopic (exact) mass is 471 g/mol. The fraction of sp³-hybridized carbons (Fsp3) is 0.682. The van der Waals surface area contributed by atoms with Gasteiger partial charge in [-0.1, -0.05) is 18.0 Å². The first-order chi connectivity index (χ1) is 14.7. The molecular formula is C22H34ClN3O4S. The van der Waals surface area contributed by atoms with E-state index in [4.69, 9.17) is 16.3 Å². The second kappa shape index (κ2) is 10.6. The molecule has 174 valence electrons. The van der Waals surface area contributed by atoms with E-state index in [1.165, 1.54) is 12.1 Å². The molecule has 0 radical (unpaired) electrons.